The lowest BCUT2D eigenvalue weighted by Gasteiger charge is -2.14. The second-order valence-electron chi connectivity index (χ2n) is 37.7. The van der Waals surface area contributed by atoms with Gasteiger partial charge in [0.2, 0.25) is 5.95 Å². The molecule has 0 aliphatic heterocycles. The minimum absolute atomic E-state index is 0.643. The van der Waals surface area contributed by atoms with Crippen LogP contribution in [-0.4, -0.2) is 23.7 Å². The fraction of sp³-hybridized carbons (Fsp3) is 0. The zero-order chi connectivity index (χ0) is 94.6. The topological polar surface area (TPSA) is 66.8 Å². The zero-order valence-electron chi connectivity index (χ0n) is 77.9. The molecule has 670 valence electrons. The van der Waals surface area contributed by atoms with E-state index in [9.17, 15) is 0 Å². The van der Waals surface area contributed by atoms with E-state index in [0.717, 1.165) is 99.4 Å². The summed E-state index contributed by atoms with van der Waals surface area (Å²) in [5, 5.41) is 29.4. The van der Waals surface area contributed by atoms with Crippen molar-refractivity contribution in [2.75, 3.05) is 0 Å². The number of nitrogens with zero attached hydrogens (tertiary/aromatic N) is 5. The Bertz CT molecular complexity index is 10100. The van der Waals surface area contributed by atoms with Crippen molar-refractivity contribution < 1.29 is 8.83 Å². The summed E-state index contributed by atoms with van der Waals surface area (Å²) in [5.74, 6) is 0.643. The van der Waals surface area contributed by atoms with Crippen LogP contribution >= 0.6 is 11.3 Å². The average molecular weight is 1850 g/mol. The highest BCUT2D eigenvalue weighted by molar-refractivity contribution is 7.26. The normalized spacial score (nSPS) is 11.9. The molecule has 0 saturated carbocycles. The van der Waals surface area contributed by atoms with Crippen LogP contribution in [0, 0.1) is 0 Å². The van der Waals surface area contributed by atoms with Gasteiger partial charge in [-0.05, 0) is 278 Å². The summed E-state index contributed by atoms with van der Waals surface area (Å²) >= 11 is 1.89. The molecule has 7 heterocycles. The number of para-hydroxylation sites is 6. The molecule has 0 amide bonds. The molecule has 0 saturated heterocycles. The van der Waals surface area contributed by atoms with Crippen molar-refractivity contribution in [1.29, 1.82) is 0 Å². The number of fused-ring (bicyclic) bond motifs is 27. The highest BCUT2D eigenvalue weighted by Crippen LogP contribution is 2.50. The van der Waals surface area contributed by atoms with Crippen molar-refractivity contribution in [3.05, 3.63) is 504 Å². The summed E-state index contributed by atoms with van der Waals surface area (Å²) in [4.78, 5) is 10.4. The van der Waals surface area contributed by atoms with E-state index in [2.05, 4.69) is 487 Å². The predicted molar refractivity (Wildman–Crippen MR) is 608 cm³/mol. The highest BCUT2D eigenvalue weighted by Gasteiger charge is 2.25. The summed E-state index contributed by atoms with van der Waals surface area (Å²) in [6.07, 6.45) is 0. The van der Waals surface area contributed by atoms with Crippen LogP contribution in [0.25, 0.3) is 290 Å². The third-order valence-corrected chi connectivity index (χ3v) is 30.6. The molecular weight excluding hydrogens is 1770 g/mol. The molecule has 0 unspecified atom stereocenters. The molecule has 0 atom stereocenters. The van der Waals surface area contributed by atoms with E-state index in [-0.39, 0.29) is 0 Å². The molecule has 0 aliphatic rings. The Kier molecular flexibility index (Phi) is 19.1. The maximum Gasteiger partial charge on any atom is 0.235 e. The van der Waals surface area contributed by atoms with Crippen LogP contribution in [0.2, 0.25) is 0 Å². The molecule has 0 fully saturated rings. The quantitative estimate of drug-likeness (QED) is 0.128. The third kappa shape index (κ3) is 13.6. The van der Waals surface area contributed by atoms with Crippen molar-refractivity contribution in [3.8, 4) is 95.5 Å². The van der Waals surface area contributed by atoms with E-state index >= 15 is 0 Å². The van der Waals surface area contributed by atoms with E-state index in [4.69, 9.17) is 18.8 Å². The lowest BCUT2D eigenvalue weighted by atomic mass is 9.91. The summed E-state index contributed by atoms with van der Waals surface area (Å²) in [7, 11) is 0. The van der Waals surface area contributed by atoms with Gasteiger partial charge in [0.1, 0.15) is 22.3 Å². The van der Waals surface area contributed by atoms with Crippen molar-refractivity contribution in [3.63, 3.8) is 0 Å². The SMILES string of the molecule is c1ccc(-c2cc(-c3ccccc3)cc(-n3c4ccccc4c4cc(-c5cc6ccccc6c6cc7oc8ccccc8c7cc56)ccc43)c2)cc1.c1ccc(-c2cc(-c3ccccc3)nc(-n3c4ccccc4c4cc(-c5cc6ccccc6c6cc7oc8ccccc8c7cc56)ccc43)n2)cc1.c1ccc(-n2c3ccccc3c3ccc(-c4cc5ccccc5c5cc6sc7ccccc7c6cc45)cc32)cc1. The Morgan fingerprint density at radius 2 is 0.514 bits per heavy atom. The minimum Gasteiger partial charge on any atom is -0.456 e. The number of aromatic nitrogens is 5. The number of thiophene rings is 1. The first-order valence-corrected chi connectivity index (χ1v) is 49.9. The Morgan fingerprint density at radius 3 is 1.01 bits per heavy atom. The largest absolute Gasteiger partial charge is 0.456 e. The Morgan fingerprint density at radius 1 is 0.160 bits per heavy atom. The number of hydrogen-bond acceptors (Lipinski definition) is 5. The smallest absolute Gasteiger partial charge is 0.235 e. The average Bonchev–Trinajstić information content (AvgIpc) is 1.49. The molecule has 0 N–H and O–H groups in total. The van der Waals surface area contributed by atoms with E-state index in [1.807, 2.05) is 41.7 Å². The van der Waals surface area contributed by atoms with Gasteiger partial charge in [-0.2, -0.15) is 0 Å². The molecule has 7 aromatic heterocycles. The van der Waals surface area contributed by atoms with E-state index < -0.39 is 0 Å². The van der Waals surface area contributed by atoms with Gasteiger partial charge >= 0.3 is 0 Å². The zero-order valence-corrected chi connectivity index (χ0v) is 78.7. The van der Waals surface area contributed by atoms with Crippen LogP contribution in [-0.2, 0) is 0 Å². The van der Waals surface area contributed by atoms with Gasteiger partial charge in [0.25, 0.3) is 0 Å². The van der Waals surface area contributed by atoms with Gasteiger partial charge in [-0.1, -0.05) is 346 Å². The van der Waals surface area contributed by atoms with Crippen LogP contribution in [0.1, 0.15) is 0 Å². The molecule has 144 heavy (non-hydrogen) atoms. The Hall–Kier alpha value is -18.9. The first kappa shape index (κ1) is 82.2. The minimum atomic E-state index is 0.643. The molecule has 0 spiro atoms. The standard InChI is InChI=1S/C50H31NO.C48H29N3O.C38H23NS/c1-3-13-32(14-4-1)36-25-37(33-15-5-2-6-16-33)27-38(26-36)51-47-21-11-9-19-40(47)45-29-35(23-24-48(45)51)42-28-34-17-7-8-18-39(34)44-31-50-46(30-43(42)44)41-20-10-12-22-49(41)52-50;1-3-13-30(14-4-1)42-29-43(31-15-5-2-6-16-31)50-48(49-42)51-44-21-11-9-19-35(44)40-26-33(23-24-45(40)51)37-25-32-17-7-8-18-34(32)39-28-47-41(27-38(37)39)36-20-10-12-22-46(36)52-47;1-2-11-26(12-3-1)39-35-16-8-6-14-28(35)29-19-18-25(21-36(29)39)31-20-24-10-4-5-13-27(24)33-23-38-34(22-32(31)33)30-15-7-9-17-37(30)40-38/h1-31H;1-29H;1-23H. The van der Waals surface area contributed by atoms with Gasteiger partial charge in [-0.15, -0.1) is 11.3 Å². The second-order valence-corrected chi connectivity index (χ2v) is 38.8. The fourth-order valence-corrected chi connectivity index (χ4v) is 23.9. The lowest BCUT2D eigenvalue weighted by molar-refractivity contribution is 0.669. The predicted octanol–water partition coefficient (Wildman–Crippen LogP) is 37.9. The molecule has 0 bridgehead atoms. The van der Waals surface area contributed by atoms with Crippen molar-refractivity contribution in [2.24, 2.45) is 0 Å². The van der Waals surface area contributed by atoms with Crippen LogP contribution in [0.5, 0.6) is 0 Å². The Balaban J connectivity index is 0.000000104. The van der Waals surface area contributed by atoms with Crippen molar-refractivity contribution in [2.45, 2.75) is 0 Å². The molecule has 31 rings (SSSR count). The number of rotatable bonds is 10. The van der Waals surface area contributed by atoms with Gasteiger partial charge in [-0.25, -0.2) is 9.97 Å². The monoisotopic (exact) mass is 1850 g/mol. The van der Waals surface area contributed by atoms with Gasteiger partial charge in [0.15, 0.2) is 0 Å². The highest BCUT2D eigenvalue weighted by atomic mass is 32.1. The Labute approximate surface area is 830 Å². The molecule has 0 radical (unpaired) electrons. The number of benzene rings is 24. The van der Waals surface area contributed by atoms with Crippen LogP contribution < -0.4 is 0 Å². The first-order valence-electron chi connectivity index (χ1n) is 49.1. The van der Waals surface area contributed by atoms with Crippen molar-refractivity contribution >= 4 is 205 Å². The second kappa shape index (κ2) is 33.5. The summed E-state index contributed by atoms with van der Waals surface area (Å²) in [6.45, 7) is 0. The van der Waals surface area contributed by atoms with Crippen LogP contribution in [0.15, 0.2) is 512 Å². The molecular formula is C136H83N5O2S. The van der Waals surface area contributed by atoms with Gasteiger partial charge in [-0.3, -0.25) is 4.57 Å². The van der Waals surface area contributed by atoms with E-state index in [1.165, 1.54) is 184 Å². The molecule has 31 aromatic rings. The summed E-state index contributed by atoms with van der Waals surface area (Å²) < 4.78 is 22.5. The first-order chi connectivity index (χ1) is 71.4. The summed E-state index contributed by atoms with van der Waals surface area (Å²) in [5.41, 5.74) is 28.9. The van der Waals surface area contributed by atoms with Crippen molar-refractivity contribution in [1.82, 2.24) is 23.7 Å². The number of hydrogen-bond donors (Lipinski definition) is 0. The maximum atomic E-state index is 6.38. The number of furan rings is 2. The van der Waals surface area contributed by atoms with Gasteiger partial charge in [0.05, 0.1) is 44.5 Å². The molecule has 8 heteroatoms. The van der Waals surface area contributed by atoms with E-state index in [1.54, 1.807) is 0 Å². The van der Waals surface area contributed by atoms with Gasteiger partial charge < -0.3 is 18.0 Å². The van der Waals surface area contributed by atoms with Gasteiger partial charge in [0, 0.05) is 96.5 Å². The fourth-order valence-electron chi connectivity index (χ4n) is 22.8. The van der Waals surface area contributed by atoms with Crippen LogP contribution in [0.3, 0.4) is 0 Å². The lowest BCUT2D eigenvalue weighted by Crippen LogP contribution is -2.04. The summed E-state index contributed by atoms with van der Waals surface area (Å²) in [6, 6.07) is 181. The molecule has 7 nitrogen and oxygen atoms in total. The molecule has 0 aliphatic carbocycles. The molecule has 24 aromatic carbocycles. The van der Waals surface area contributed by atoms with Crippen LogP contribution in [0.4, 0.5) is 0 Å². The van der Waals surface area contributed by atoms with E-state index in [0.29, 0.717) is 5.95 Å². The maximum absolute atomic E-state index is 6.38. The third-order valence-electron chi connectivity index (χ3n) is 29.5.